The maximum absolute atomic E-state index is 11.8. The fourth-order valence-electron chi connectivity index (χ4n) is 3.12. The summed E-state index contributed by atoms with van der Waals surface area (Å²) < 4.78 is 5.51. The molecule has 1 aromatic rings. The van der Waals surface area contributed by atoms with E-state index >= 15 is 0 Å². The maximum Gasteiger partial charge on any atom is 0.222 e. The van der Waals surface area contributed by atoms with E-state index in [-0.39, 0.29) is 37.0 Å². The maximum atomic E-state index is 11.8. The van der Waals surface area contributed by atoms with E-state index in [0.717, 1.165) is 17.7 Å². The van der Waals surface area contributed by atoms with Gasteiger partial charge >= 0.3 is 0 Å². The normalized spacial score (nSPS) is 24.7. The first kappa shape index (κ1) is 14.4. The Morgan fingerprint density at radius 3 is 2.95 bits per heavy atom. The van der Waals surface area contributed by atoms with Crippen LogP contribution in [0.2, 0.25) is 0 Å². The third-order valence-electron chi connectivity index (χ3n) is 4.35. The Hall–Kier alpha value is -1.59. The number of nitrogens with one attached hydrogen (secondary N) is 1. The lowest BCUT2D eigenvalue weighted by molar-refractivity contribution is -0.123. The van der Waals surface area contributed by atoms with Crippen LogP contribution in [0.5, 0.6) is 5.75 Å². The molecule has 5 heteroatoms. The molecular weight excluding hydrogens is 270 g/mol. The van der Waals surface area contributed by atoms with Gasteiger partial charge in [-0.05, 0) is 42.0 Å². The molecule has 114 valence electrons. The quantitative estimate of drug-likeness (QED) is 0.754. The predicted molar refractivity (Wildman–Crippen MR) is 77.0 cm³/mol. The molecule has 1 atom stereocenters. The second-order valence-electron chi connectivity index (χ2n) is 5.87. The third-order valence-corrected chi connectivity index (χ3v) is 4.35. The highest BCUT2D eigenvalue weighted by atomic mass is 16.5. The zero-order valence-corrected chi connectivity index (χ0v) is 11.9. The number of hydrogen-bond acceptors (Lipinski definition) is 4. The van der Waals surface area contributed by atoms with Crippen molar-refractivity contribution in [3.05, 3.63) is 29.3 Å². The standard InChI is InChI=1S/C16H21NO4/c18-5-3-15(20)17-16(12-8-13(19)9-12)11-1-2-14-10(7-11)4-6-21-14/h1-2,7,12-13,16,18-19H,3-6,8-9H2,(H,17,20)/t12?,13?,16-/m0/s1. The van der Waals surface area contributed by atoms with E-state index in [0.29, 0.717) is 19.4 Å². The van der Waals surface area contributed by atoms with E-state index in [1.165, 1.54) is 5.56 Å². The van der Waals surface area contributed by atoms with Gasteiger partial charge in [0.25, 0.3) is 0 Å². The molecule has 21 heavy (non-hydrogen) atoms. The first-order chi connectivity index (χ1) is 10.2. The zero-order valence-electron chi connectivity index (χ0n) is 11.9. The molecule has 1 amide bonds. The lowest BCUT2D eigenvalue weighted by Gasteiger charge is -2.38. The first-order valence-corrected chi connectivity index (χ1v) is 7.51. The molecule has 3 rings (SSSR count). The van der Waals surface area contributed by atoms with Crippen molar-refractivity contribution in [2.24, 2.45) is 5.92 Å². The Morgan fingerprint density at radius 2 is 2.24 bits per heavy atom. The molecule has 2 aliphatic rings. The van der Waals surface area contributed by atoms with Gasteiger partial charge in [0, 0.05) is 12.8 Å². The van der Waals surface area contributed by atoms with Crippen LogP contribution in [0, 0.1) is 5.92 Å². The highest BCUT2D eigenvalue weighted by Crippen LogP contribution is 2.39. The molecule has 0 saturated heterocycles. The van der Waals surface area contributed by atoms with Gasteiger partial charge in [0.15, 0.2) is 0 Å². The summed E-state index contributed by atoms with van der Waals surface area (Å²) in [6.07, 6.45) is 2.16. The van der Waals surface area contributed by atoms with Gasteiger partial charge in [-0.15, -0.1) is 0 Å². The topological polar surface area (TPSA) is 78.8 Å². The minimum absolute atomic E-state index is 0.0988. The van der Waals surface area contributed by atoms with Crippen LogP contribution in [0.25, 0.3) is 0 Å². The Morgan fingerprint density at radius 1 is 1.43 bits per heavy atom. The largest absolute Gasteiger partial charge is 0.493 e. The van der Waals surface area contributed by atoms with Crippen LogP contribution in [0.3, 0.4) is 0 Å². The summed E-state index contributed by atoms with van der Waals surface area (Å²) in [5.74, 6) is 1.02. The minimum atomic E-state index is -0.259. The van der Waals surface area contributed by atoms with Crippen molar-refractivity contribution in [2.45, 2.75) is 37.8 Å². The molecule has 0 bridgehead atoms. The van der Waals surface area contributed by atoms with E-state index in [1.807, 2.05) is 12.1 Å². The van der Waals surface area contributed by atoms with Gasteiger partial charge in [0.1, 0.15) is 5.75 Å². The van der Waals surface area contributed by atoms with E-state index in [4.69, 9.17) is 9.84 Å². The van der Waals surface area contributed by atoms with Crippen molar-refractivity contribution < 1.29 is 19.7 Å². The van der Waals surface area contributed by atoms with Gasteiger partial charge in [-0.2, -0.15) is 0 Å². The highest BCUT2D eigenvalue weighted by molar-refractivity contribution is 5.76. The van der Waals surface area contributed by atoms with Crippen LogP contribution in [0.15, 0.2) is 18.2 Å². The van der Waals surface area contributed by atoms with Crippen molar-refractivity contribution in [3.8, 4) is 5.75 Å². The number of rotatable bonds is 5. The molecule has 3 N–H and O–H groups in total. The van der Waals surface area contributed by atoms with Crippen LogP contribution in [-0.2, 0) is 11.2 Å². The molecule has 1 fully saturated rings. The van der Waals surface area contributed by atoms with E-state index in [2.05, 4.69) is 11.4 Å². The minimum Gasteiger partial charge on any atom is -0.493 e. The molecule has 0 radical (unpaired) electrons. The Balaban J connectivity index is 1.79. The Bertz CT molecular complexity index is 525. The second kappa shape index (κ2) is 6.03. The van der Waals surface area contributed by atoms with Crippen LogP contribution in [0.4, 0.5) is 0 Å². The summed E-state index contributed by atoms with van der Waals surface area (Å²) in [6.45, 7) is 0.562. The zero-order chi connectivity index (χ0) is 14.8. The Kier molecular flexibility index (Phi) is 4.12. The molecule has 1 saturated carbocycles. The van der Waals surface area contributed by atoms with Crippen molar-refractivity contribution in [1.82, 2.24) is 5.32 Å². The highest BCUT2D eigenvalue weighted by Gasteiger charge is 2.36. The summed E-state index contributed by atoms with van der Waals surface area (Å²) in [6, 6.07) is 5.94. The van der Waals surface area contributed by atoms with Crippen LogP contribution >= 0.6 is 0 Å². The van der Waals surface area contributed by atoms with Gasteiger partial charge in [0.05, 0.1) is 25.4 Å². The van der Waals surface area contributed by atoms with Gasteiger partial charge in [0.2, 0.25) is 5.91 Å². The van der Waals surface area contributed by atoms with E-state index in [1.54, 1.807) is 0 Å². The molecule has 0 spiro atoms. The predicted octanol–water partition coefficient (Wildman–Crippen LogP) is 0.932. The third kappa shape index (κ3) is 3.04. The molecule has 0 aromatic heterocycles. The van der Waals surface area contributed by atoms with Crippen molar-refractivity contribution in [3.63, 3.8) is 0 Å². The molecule has 1 aromatic carbocycles. The van der Waals surface area contributed by atoms with Crippen molar-refractivity contribution in [2.75, 3.05) is 13.2 Å². The SMILES string of the molecule is O=C(CCO)N[C@@H](c1ccc2c(c1)CCO2)C1CC(O)C1. The monoisotopic (exact) mass is 291 g/mol. The number of benzene rings is 1. The van der Waals surface area contributed by atoms with Gasteiger partial charge < -0.3 is 20.3 Å². The number of ether oxygens (including phenoxy) is 1. The number of carbonyl (C=O) groups excluding carboxylic acids is 1. The molecule has 1 aliphatic heterocycles. The number of amides is 1. The molecule has 5 nitrogen and oxygen atoms in total. The Labute approximate surface area is 123 Å². The van der Waals surface area contributed by atoms with E-state index < -0.39 is 0 Å². The number of carbonyl (C=O) groups is 1. The first-order valence-electron chi connectivity index (χ1n) is 7.51. The van der Waals surface area contributed by atoms with Gasteiger partial charge in [-0.1, -0.05) is 6.07 Å². The lowest BCUT2D eigenvalue weighted by Crippen LogP contribution is -2.41. The van der Waals surface area contributed by atoms with Crippen LogP contribution < -0.4 is 10.1 Å². The van der Waals surface area contributed by atoms with Crippen molar-refractivity contribution in [1.29, 1.82) is 0 Å². The fourth-order valence-corrected chi connectivity index (χ4v) is 3.12. The smallest absolute Gasteiger partial charge is 0.222 e. The average Bonchev–Trinajstić information content (AvgIpc) is 2.89. The lowest BCUT2D eigenvalue weighted by atomic mass is 9.75. The van der Waals surface area contributed by atoms with E-state index in [9.17, 15) is 9.90 Å². The number of hydrogen-bond donors (Lipinski definition) is 3. The summed E-state index contributed by atoms with van der Waals surface area (Å²) >= 11 is 0. The van der Waals surface area contributed by atoms with Crippen LogP contribution in [-0.4, -0.2) is 35.4 Å². The molecule has 1 aliphatic carbocycles. The summed E-state index contributed by atoms with van der Waals surface area (Å²) in [5.41, 5.74) is 2.23. The molecular formula is C16H21NO4. The van der Waals surface area contributed by atoms with Crippen molar-refractivity contribution >= 4 is 5.91 Å². The summed E-state index contributed by atoms with van der Waals surface area (Å²) in [5, 5.41) is 21.4. The van der Waals surface area contributed by atoms with Gasteiger partial charge in [-0.25, -0.2) is 0 Å². The second-order valence-corrected chi connectivity index (χ2v) is 5.87. The van der Waals surface area contributed by atoms with Crippen LogP contribution in [0.1, 0.15) is 36.4 Å². The number of aliphatic hydroxyl groups excluding tert-OH is 2. The summed E-state index contributed by atoms with van der Waals surface area (Å²) in [7, 11) is 0. The van der Waals surface area contributed by atoms with Gasteiger partial charge in [-0.3, -0.25) is 4.79 Å². The summed E-state index contributed by atoms with van der Waals surface area (Å²) in [4.78, 5) is 11.8. The molecule has 0 unspecified atom stereocenters. The fraction of sp³-hybridized carbons (Fsp3) is 0.562. The average molecular weight is 291 g/mol. The number of fused-ring (bicyclic) bond motifs is 1. The number of aliphatic hydroxyl groups is 2. The molecule has 1 heterocycles.